The van der Waals surface area contributed by atoms with E-state index < -0.39 is 0 Å². The molecule has 1 heterocycles. The van der Waals surface area contributed by atoms with E-state index >= 15 is 0 Å². The molecule has 8 heteroatoms. The van der Waals surface area contributed by atoms with Crippen LogP contribution in [0.4, 0.5) is 16.5 Å². The molecule has 3 rings (SSSR count). The van der Waals surface area contributed by atoms with Crippen LogP contribution < -0.4 is 14.2 Å². The molecule has 0 unspecified atom stereocenters. The van der Waals surface area contributed by atoms with Crippen molar-refractivity contribution in [2.75, 3.05) is 31.7 Å². The van der Waals surface area contributed by atoms with E-state index in [0.717, 1.165) is 39.0 Å². The van der Waals surface area contributed by atoms with Crippen LogP contribution in [-0.4, -0.2) is 37.4 Å². The number of nitrogens with zero attached hydrogens (tertiary/aromatic N) is 4. The molecule has 27 heavy (non-hydrogen) atoms. The van der Waals surface area contributed by atoms with Crippen LogP contribution in [0.3, 0.4) is 0 Å². The Balaban J connectivity index is 0.00000261. The maximum Gasteiger partial charge on any atom is 0.409 e. The number of aryl methyl sites for hydroxylation is 1. The van der Waals surface area contributed by atoms with Crippen molar-refractivity contribution in [1.29, 1.82) is 0 Å². The molecular weight excluding hydrogens is 364 g/mol. The lowest BCUT2D eigenvalue weighted by Gasteiger charge is -2.21. The van der Waals surface area contributed by atoms with Crippen LogP contribution in [0.15, 0.2) is 52.7 Å². The van der Waals surface area contributed by atoms with Crippen molar-refractivity contribution >= 4 is 38.1 Å². The second-order valence-electron chi connectivity index (χ2n) is 5.80. The fraction of sp³-hybridized carbons (Fsp3) is 0.316. The third kappa shape index (κ3) is 4.60. The number of likely N-dealkylation sites (N-methyl/N-ethyl adjacent to an activating group) is 1. The SMILES string of the molecule is CCN(CCO)c1ccc(N=Nc2sc3cc(OC)ccc3[n+]2C)cc1.[OH-]. The van der Waals surface area contributed by atoms with E-state index in [2.05, 4.69) is 22.1 Å². The summed E-state index contributed by atoms with van der Waals surface area (Å²) in [6, 6.07) is 13.9. The van der Waals surface area contributed by atoms with Crippen LogP contribution in [0.1, 0.15) is 6.92 Å². The molecule has 0 spiro atoms. The highest BCUT2D eigenvalue weighted by Crippen LogP contribution is 2.30. The van der Waals surface area contributed by atoms with E-state index in [-0.39, 0.29) is 12.1 Å². The Bertz CT molecular complexity index is 909. The van der Waals surface area contributed by atoms with E-state index in [1.807, 2.05) is 54.1 Å². The molecule has 0 saturated heterocycles. The third-order valence-electron chi connectivity index (χ3n) is 4.23. The molecule has 2 aromatic carbocycles. The highest BCUT2D eigenvalue weighted by atomic mass is 32.1. The van der Waals surface area contributed by atoms with Crippen LogP contribution >= 0.6 is 11.3 Å². The molecule has 0 aliphatic carbocycles. The molecule has 0 fully saturated rings. The summed E-state index contributed by atoms with van der Waals surface area (Å²) in [5, 5.41) is 18.7. The number of aliphatic hydroxyl groups is 1. The number of benzene rings is 2. The lowest BCUT2D eigenvalue weighted by atomic mass is 10.2. The van der Waals surface area contributed by atoms with Gasteiger partial charge >= 0.3 is 5.13 Å². The molecule has 0 bridgehead atoms. The van der Waals surface area contributed by atoms with Crippen LogP contribution in [0.2, 0.25) is 0 Å². The number of methoxy groups -OCH3 is 1. The first-order valence-corrected chi connectivity index (χ1v) is 9.32. The van der Waals surface area contributed by atoms with Gasteiger partial charge in [-0.25, -0.2) is 4.57 Å². The maximum atomic E-state index is 9.13. The number of anilines is 1. The van der Waals surface area contributed by atoms with Crippen molar-refractivity contribution in [2.45, 2.75) is 6.92 Å². The Labute approximate surface area is 162 Å². The van der Waals surface area contributed by atoms with Gasteiger partial charge in [-0.2, -0.15) is 0 Å². The van der Waals surface area contributed by atoms with E-state index in [1.54, 1.807) is 18.4 Å². The molecular formula is C19H24N4O3S. The van der Waals surface area contributed by atoms with Crippen molar-refractivity contribution in [2.24, 2.45) is 17.3 Å². The number of ether oxygens (including phenoxy) is 1. The van der Waals surface area contributed by atoms with Gasteiger partial charge < -0.3 is 20.2 Å². The first-order chi connectivity index (χ1) is 12.7. The number of hydrogen-bond acceptors (Lipinski definition) is 7. The van der Waals surface area contributed by atoms with Crippen LogP contribution in [0.5, 0.6) is 5.75 Å². The Morgan fingerprint density at radius 2 is 1.89 bits per heavy atom. The summed E-state index contributed by atoms with van der Waals surface area (Å²) in [4.78, 5) is 2.11. The number of aromatic nitrogens is 1. The summed E-state index contributed by atoms with van der Waals surface area (Å²) < 4.78 is 8.42. The fourth-order valence-corrected chi connectivity index (χ4v) is 3.76. The summed E-state index contributed by atoms with van der Waals surface area (Å²) in [5.41, 5.74) is 2.96. The Morgan fingerprint density at radius 1 is 1.15 bits per heavy atom. The summed E-state index contributed by atoms with van der Waals surface area (Å²) in [6.07, 6.45) is 0. The lowest BCUT2D eigenvalue weighted by Crippen LogP contribution is -2.25. The maximum absolute atomic E-state index is 9.13. The standard InChI is InChI=1S/C19H23N4O2S.H2O/c1-4-23(11-12-24)15-7-5-14(6-8-15)20-21-19-22(2)17-10-9-16(25-3)13-18(17)26-19;/h5-10,13,24H,4,11-12H2,1-3H3;1H2/q+1;/p-1. The largest absolute Gasteiger partial charge is 0.870 e. The lowest BCUT2D eigenvalue weighted by molar-refractivity contribution is -0.627. The number of thiazole rings is 1. The average Bonchev–Trinajstić information content (AvgIpc) is 3.00. The number of aliphatic hydroxyl groups excluding tert-OH is 1. The summed E-state index contributed by atoms with van der Waals surface area (Å²) in [7, 11) is 3.65. The van der Waals surface area contributed by atoms with Crippen molar-refractivity contribution in [3.05, 3.63) is 42.5 Å². The number of rotatable bonds is 7. The molecule has 7 nitrogen and oxygen atoms in total. The molecule has 0 radical (unpaired) electrons. The van der Waals surface area contributed by atoms with Gasteiger partial charge in [-0.05, 0) is 59.8 Å². The minimum absolute atomic E-state index is 0. The zero-order valence-corrected chi connectivity index (χ0v) is 16.5. The summed E-state index contributed by atoms with van der Waals surface area (Å²) in [6.45, 7) is 3.68. The van der Waals surface area contributed by atoms with Crippen LogP contribution in [-0.2, 0) is 7.05 Å². The van der Waals surface area contributed by atoms with Gasteiger partial charge in [0.15, 0.2) is 0 Å². The first kappa shape index (κ1) is 20.8. The molecule has 0 aliphatic heterocycles. The van der Waals surface area contributed by atoms with Crippen LogP contribution in [0.25, 0.3) is 10.2 Å². The zero-order valence-electron chi connectivity index (χ0n) is 15.7. The Morgan fingerprint density at radius 3 is 2.52 bits per heavy atom. The van der Waals surface area contributed by atoms with Gasteiger partial charge in [0.2, 0.25) is 0 Å². The van der Waals surface area contributed by atoms with Gasteiger partial charge in [-0.15, -0.1) is 0 Å². The Kier molecular flexibility index (Phi) is 7.23. The number of fused-ring (bicyclic) bond motifs is 1. The highest BCUT2D eigenvalue weighted by molar-refractivity contribution is 7.21. The first-order valence-electron chi connectivity index (χ1n) is 8.50. The predicted molar refractivity (Wildman–Crippen MR) is 107 cm³/mol. The van der Waals surface area contributed by atoms with E-state index in [9.17, 15) is 0 Å². The zero-order chi connectivity index (χ0) is 18.5. The van der Waals surface area contributed by atoms with E-state index in [0.29, 0.717) is 6.54 Å². The second kappa shape index (κ2) is 9.40. The molecule has 0 saturated carbocycles. The quantitative estimate of drug-likeness (QED) is 0.492. The van der Waals surface area contributed by atoms with Crippen molar-refractivity contribution in [3.63, 3.8) is 0 Å². The van der Waals surface area contributed by atoms with Crippen molar-refractivity contribution in [1.82, 2.24) is 0 Å². The van der Waals surface area contributed by atoms with Gasteiger partial charge in [-0.1, -0.05) is 0 Å². The monoisotopic (exact) mass is 388 g/mol. The van der Waals surface area contributed by atoms with Gasteiger partial charge in [0.25, 0.3) is 0 Å². The highest BCUT2D eigenvalue weighted by Gasteiger charge is 2.16. The fourth-order valence-electron chi connectivity index (χ4n) is 2.76. The summed E-state index contributed by atoms with van der Waals surface area (Å²) >= 11 is 1.58. The van der Waals surface area contributed by atoms with E-state index in [1.165, 1.54) is 0 Å². The smallest absolute Gasteiger partial charge is 0.409 e. The predicted octanol–water partition coefficient (Wildman–Crippen LogP) is 3.79. The molecule has 0 amide bonds. The van der Waals surface area contributed by atoms with Gasteiger partial charge in [0.05, 0.1) is 30.6 Å². The molecule has 144 valence electrons. The number of hydrogen-bond donors (Lipinski definition) is 1. The van der Waals surface area contributed by atoms with Gasteiger partial charge in [0.1, 0.15) is 17.0 Å². The number of azo groups is 1. The topological polar surface area (TPSA) is 91.3 Å². The minimum Gasteiger partial charge on any atom is -0.870 e. The normalized spacial score (nSPS) is 11.0. The van der Waals surface area contributed by atoms with Crippen molar-refractivity contribution < 1.29 is 19.9 Å². The molecule has 0 aliphatic rings. The van der Waals surface area contributed by atoms with Gasteiger partial charge in [-0.3, -0.25) is 0 Å². The molecule has 1 aromatic heterocycles. The minimum atomic E-state index is 0. The third-order valence-corrected chi connectivity index (χ3v) is 5.32. The average molecular weight is 388 g/mol. The second-order valence-corrected chi connectivity index (χ2v) is 6.81. The molecule has 0 atom stereocenters. The van der Waals surface area contributed by atoms with Crippen LogP contribution in [0, 0.1) is 0 Å². The van der Waals surface area contributed by atoms with E-state index in [4.69, 9.17) is 9.84 Å². The summed E-state index contributed by atoms with van der Waals surface area (Å²) in [5.74, 6) is 0.835. The van der Waals surface area contributed by atoms with Crippen molar-refractivity contribution in [3.8, 4) is 5.75 Å². The molecule has 2 N–H and O–H groups in total. The van der Waals surface area contributed by atoms with Gasteiger partial charge in [0, 0.05) is 24.8 Å². The Hall–Kier alpha value is -2.55. The molecule has 3 aromatic rings.